The van der Waals surface area contributed by atoms with E-state index in [1.54, 1.807) is 13.2 Å². The molecule has 1 atom stereocenters. The van der Waals surface area contributed by atoms with Gasteiger partial charge in [0.25, 0.3) is 0 Å². The Morgan fingerprint density at radius 2 is 1.95 bits per heavy atom. The van der Waals surface area contributed by atoms with Gasteiger partial charge < -0.3 is 10.1 Å². The first-order chi connectivity index (χ1) is 10.2. The van der Waals surface area contributed by atoms with Crippen molar-refractivity contribution in [2.75, 3.05) is 13.7 Å². The molecule has 2 aromatic rings. The Kier molecular flexibility index (Phi) is 5.76. The highest BCUT2D eigenvalue weighted by molar-refractivity contribution is 5.30. The van der Waals surface area contributed by atoms with Gasteiger partial charge in [-0.2, -0.15) is 0 Å². The first-order valence-corrected chi connectivity index (χ1v) is 7.31. The molecule has 2 nitrogen and oxygen atoms in total. The summed E-state index contributed by atoms with van der Waals surface area (Å²) in [6, 6.07) is 15.3. The van der Waals surface area contributed by atoms with Crippen LogP contribution in [0.3, 0.4) is 0 Å². The number of hydrogen-bond acceptors (Lipinski definition) is 2. The van der Waals surface area contributed by atoms with Crippen molar-refractivity contribution in [2.45, 2.75) is 25.8 Å². The molecule has 0 aliphatic heterocycles. The zero-order valence-corrected chi connectivity index (χ0v) is 12.6. The van der Waals surface area contributed by atoms with Crippen molar-refractivity contribution in [3.05, 3.63) is 65.5 Å². The third-order valence-corrected chi connectivity index (χ3v) is 3.63. The van der Waals surface area contributed by atoms with Crippen LogP contribution in [0.25, 0.3) is 0 Å². The van der Waals surface area contributed by atoms with Crippen molar-refractivity contribution in [2.24, 2.45) is 0 Å². The highest BCUT2D eigenvalue weighted by Gasteiger charge is 2.06. The number of ether oxygens (including phenoxy) is 1. The Labute approximate surface area is 126 Å². The van der Waals surface area contributed by atoms with Crippen molar-refractivity contribution in [3.63, 3.8) is 0 Å². The Balaban J connectivity index is 1.79. The number of nitrogens with one attached hydrogen (secondary N) is 1. The van der Waals surface area contributed by atoms with Crippen LogP contribution in [0.2, 0.25) is 0 Å². The van der Waals surface area contributed by atoms with Crippen molar-refractivity contribution in [1.29, 1.82) is 0 Å². The highest BCUT2D eigenvalue weighted by atomic mass is 19.1. The molecule has 0 radical (unpaired) electrons. The van der Waals surface area contributed by atoms with E-state index in [4.69, 9.17) is 4.74 Å². The number of benzene rings is 2. The molecule has 0 fully saturated rings. The monoisotopic (exact) mass is 287 g/mol. The SMILES string of the molecule is COc1cccc(C(C)NCCCc2ccccc2F)c1. The largest absolute Gasteiger partial charge is 0.497 e. The second-order valence-corrected chi connectivity index (χ2v) is 5.15. The molecule has 3 heteroatoms. The van der Waals surface area contributed by atoms with Crippen LogP contribution in [0.15, 0.2) is 48.5 Å². The van der Waals surface area contributed by atoms with Gasteiger partial charge in [-0.25, -0.2) is 4.39 Å². The predicted octanol–water partition coefficient (Wildman–Crippen LogP) is 4.12. The lowest BCUT2D eigenvalue weighted by atomic mass is 10.1. The van der Waals surface area contributed by atoms with Gasteiger partial charge in [0, 0.05) is 6.04 Å². The van der Waals surface area contributed by atoms with Gasteiger partial charge in [0.1, 0.15) is 11.6 Å². The summed E-state index contributed by atoms with van der Waals surface area (Å²) in [5.74, 6) is 0.755. The van der Waals surface area contributed by atoms with E-state index in [0.717, 1.165) is 30.7 Å². The van der Waals surface area contributed by atoms with Crippen LogP contribution in [0.1, 0.15) is 30.5 Å². The number of aryl methyl sites for hydroxylation is 1. The standard InChI is InChI=1S/C18H22FNO/c1-14(16-8-5-10-17(13-16)21-2)20-12-6-9-15-7-3-4-11-18(15)19/h3-5,7-8,10-11,13-14,20H,6,9,12H2,1-2H3. The Morgan fingerprint density at radius 3 is 2.71 bits per heavy atom. The average molecular weight is 287 g/mol. The molecule has 0 bridgehead atoms. The Hall–Kier alpha value is -1.87. The van der Waals surface area contributed by atoms with Crippen molar-refractivity contribution in [1.82, 2.24) is 5.32 Å². The zero-order chi connectivity index (χ0) is 15.1. The van der Waals surface area contributed by atoms with Crippen LogP contribution in [0.5, 0.6) is 5.75 Å². The summed E-state index contributed by atoms with van der Waals surface area (Å²) in [4.78, 5) is 0. The third-order valence-electron chi connectivity index (χ3n) is 3.63. The van der Waals surface area contributed by atoms with Crippen molar-refractivity contribution < 1.29 is 9.13 Å². The summed E-state index contributed by atoms with van der Waals surface area (Å²) in [5.41, 5.74) is 1.98. The minimum absolute atomic E-state index is 0.113. The lowest BCUT2D eigenvalue weighted by Crippen LogP contribution is -2.20. The van der Waals surface area contributed by atoms with Crippen molar-refractivity contribution >= 4 is 0 Å². The second kappa shape index (κ2) is 7.79. The summed E-state index contributed by atoms with van der Waals surface area (Å²) >= 11 is 0. The van der Waals surface area contributed by atoms with Gasteiger partial charge in [0.15, 0.2) is 0 Å². The van der Waals surface area contributed by atoms with E-state index in [-0.39, 0.29) is 11.9 Å². The molecule has 0 spiro atoms. The van der Waals surface area contributed by atoms with E-state index in [0.29, 0.717) is 0 Å². The summed E-state index contributed by atoms with van der Waals surface area (Å²) < 4.78 is 18.7. The average Bonchev–Trinajstić information content (AvgIpc) is 2.53. The molecular formula is C18H22FNO. The zero-order valence-electron chi connectivity index (χ0n) is 12.6. The molecule has 0 heterocycles. The highest BCUT2D eigenvalue weighted by Crippen LogP contribution is 2.18. The first kappa shape index (κ1) is 15.5. The summed E-state index contributed by atoms with van der Waals surface area (Å²) in [6.45, 7) is 2.98. The molecule has 0 aromatic heterocycles. The van der Waals surface area contributed by atoms with Gasteiger partial charge in [-0.1, -0.05) is 30.3 Å². The maximum absolute atomic E-state index is 13.5. The third kappa shape index (κ3) is 4.57. The molecule has 1 N–H and O–H groups in total. The van der Waals surface area contributed by atoms with Crippen LogP contribution in [-0.2, 0) is 6.42 Å². The summed E-state index contributed by atoms with van der Waals surface area (Å²) in [5, 5.41) is 3.46. The minimum Gasteiger partial charge on any atom is -0.497 e. The van der Waals surface area contributed by atoms with Gasteiger partial charge in [0.2, 0.25) is 0 Å². The quantitative estimate of drug-likeness (QED) is 0.774. The number of halogens is 1. The molecule has 0 amide bonds. The van der Waals surface area contributed by atoms with Crippen LogP contribution in [0, 0.1) is 5.82 Å². The maximum atomic E-state index is 13.5. The molecular weight excluding hydrogens is 265 g/mol. The summed E-state index contributed by atoms with van der Waals surface area (Å²) in [7, 11) is 1.67. The molecule has 0 aliphatic rings. The second-order valence-electron chi connectivity index (χ2n) is 5.15. The van der Waals surface area contributed by atoms with Crippen LogP contribution in [0.4, 0.5) is 4.39 Å². The van der Waals surface area contributed by atoms with Gasteiger partial charge >= 0.3 is 0 Å². The summed E-state index contributed by atoms with van der Waals surface area (Å²) in [6.07, 6.45) is 1.67. The Bertz CT molecular complexity index is 571. The topological polar surface area (TPSA) is 21.3 Å². The molecule has 2 rings (SSSR count). The molecule has 0 saturated carbocycles. The van der Waals surface area contributed by atoms with Crippen molar-refractivity contribution in [3.8, 4) is 5.75 Å². The van der Waals surface area contributed by atoms with Crippen LogP contribution < -0.4 is 10.1 Å². The molecule has 1 unspecified atom stereocenters. The molecule has 0 aliphatic carbocycles. The fourth-order valence-corrected chi connectivity index (χ4v) is 2.33. The van der Waals surface area contributed by atoms with E-state index < -0.39 is 0 Å². The predicted molar refractivity (Wildman–Crippen MR) is 84.1 cm³/mol. The fraction of sp³-hybridized carbons (Fsp3) is 0.333. The van der Waals surface area contributed by atoms with E-state index in [1.807, 2.05) is 30.3 Å². The van der Waals surface area contributed by atoms with E-state index in [9.17, 15) is 4.39 Å². The van der Waals surface area contributed by atoms with E-state index >= 15 is 0 Å². The normalized spacial score (nSPS) is 12.1. The lowest BCUT2D eigenvalue weighted by molar-refractivity contribution is 0.413. The molecule has 21 heavy (non-hydrogen) atoms. The van der Waals surface area contributed by atoms with E-state index in [1.165, 1.54) is 11.6 Å². The van der Waals surface area contributed by atoms with Gasteiger partial charge in [-0.3, -0.25) is 0 Å². The maximum Gasteiger partial charge on any atom is 0.126 e. The minimum atomic E-state index is -0.113. The van der Waals surface area contributed by atoms with Gasteiger partial charge in [-0.05, 0) is 55.6 Å². The number of rotatable bonds is 7. The van der Waals surface area contributed by atoms with Crippen LogP contribution in [-0.4, -0.2) is 13.7 Å². The Morgan fingerprint density at radius 1 is 1.14 bits per heavy atom. The fourth-order valence-electron chi connectivity index (χ4n) is 2.33. The van der Waals surface area contributed by atoms with Gasteiger partial charge in [0.05, 0.1) is 7.11 Å². The smallest absolute Gasteiger partial charge is 0.126 e. The van der Waals surface area contributed by atoms with Crippen LogP contribution >= 0.6 is 0 Å². The van der Waals surface area contributed by atoms with Gasteiger partial charge in [-0.15, -0.1) is 0 Å². The number of hydrogen-bond donors (Lipinski definition) is 1. The lowest BCUT2D eigenvalue weighted by Gasteiger charge is -2.15. The first-order valence-electron chi connectivity index (χ1n) is 7.31. The molecule has 2 aromatic carbocycles. The molecule has 112 valence electrons. The molecule has 0 saturated heterocycles. The number of methoxy groups -OCH3 is 1. The van der Waals surface area contributed by atoms with E-state index in [2.05, 4.69) is 18.3 Å².